The topological polar surface area (TPSA) is 40.5 Å². The number of β-amino-alcohol motifs (C(OH)–C–C–N with tert-alkyl or cyclic N) is 1. The zero-order valence-corrected chi connectivity index (χ0v) is 9.91. The SMILES string of the molecule is O=C(C[C@@H]1C=CCC1)N1CC[C@@](O)(C(F)(F)F)C1. The van der Waals surface area contributed by atoms with Crippen molar-refractivity contribution in [2.75, 3.05) is 13.1 Å². The van der Waals surface area contributed by atoms with Gasteiger partial charge in [-0.05, 0) is 18.8 Å². The molecule has 2 rings (SSSR count). The molecular formula is C12H16F3NO2. The van der Waals surface area contributed by atoms with Gasteiger partial charge in [-0.15, -0.1) is 0 Å². The van der Waals surface area contributed by atoms with Crippen LogP contribution in [0.1, 0.15) is 25.7 Å². The van der Waals surface area contributed by atoms with Crippen LogP contribution in [-0.4, -0.2) is 40.8 Å². The van der Waals surface area contributed by atoms with Crippen molar-refractivity contribution in [1.82, 2.24) is 4.90 Å². The summed E-state index contributed by atoms with van der Waals surface area (Å²) in [6.45, 7) is -0.656. The van der Waals surface area contributed by atoms with Crippen molar-refractivity contribution in [3.63, 3.8) is 0 Å². The summed E-state index contributed by atoms with van der Waals surface area (Å²) in [6.07, 6.45) is 0.855. The second-order valence-electron chi connectivity index (χ2n) is 5.06. The Hall–Kier alpha value is -1.04. The number of carbonyl (C=O) groups excluding carboxylic acids is 1. The Morgan fingerprint density at radius 2 is 2.22 bits per heavy atom. The van der Waals surface area contributed by atoms with Crippen LogP contribution >= 0.6 is 0 Å². The molecule has 2 aliphatic rings. The molecule has 6 heteroatoms. The van der Waals surface area contributed by atoms with Gasteiger partial charge in [0.15, 0.2) is 5.60 Å². The predicted octanol–water partition coefficient (Wildman–Crippen LogP) is 1.87. The van der Waals surface area contributed by atoms with E-state index in [9.17, 15) is 23.1 Å². The first-order chi connectivity index (χ1) is 8.32. The quantitative estimate of drug-likeness (QED) is 0.773. The molecule has 1 saturated heterocycles. The Kier molecular flexibility index (Phi) is 3.40. The largest absolute Gasteiger partial charge is 0.419 e. The third-order valence-electron chi connectivity index (χ3n) is 3.68. The summed E-state index contributed by atoms with van der Waals surface area (Å²) >= 11 is 0. The van der Waals surface area contributed by atoms with Gasteiger partial charge in [0, 0.05) is 19.4 Å². The molecule has 2 atom stereocenters. The third kappa shape index (κ3) is 2.53. The lowest BCUT2D eigenvalue weighted by atomic mass is 10.0. The summed E-state index contributed by atoms with van der Waals surface area (Å²) in [5, 5.41) is 9.48. The fraction of sp³-hybridized carbons (Fsp3) is 0.750. The van der Waals surface area contributed by atoms with Crippen molar-refractivity contribution >= 4 is 5.91 Å². The highest BCUT2D eigenvalue weighted by atomic mass is 19.4. The number of rotatable bonds is 2. The average Bonchev–Trinajstić information content (AvgIpc) is 2.86. The van der Waals surface area contributed by atoms with Crippen molar-refractivity contribution in [2.24, 2.45) is 5.92 Å². The lowest BCUT2D eigenvalue weighted by Crippen LogP contribution is -2.48. The molecule has 18 heavy (non-hydrogen) atoms. The fourth-order valence-electron chi connectivity index (χ4n) is 2.46. The molecule has 0 bridgehead atoms. The van der Waals surface area contributed by atoms with Crippen molar-refractivity contribution in [3.8, 4) is 0 Å². The van der Waals surface area contributed by atoms with Crippen LogP contribution in [0.3, 0.4) is 0 Å². The molecule has 3 nitrogen and oxygen atoms in total. The number of carbonyl (C=O) groups is 1. The molecule has 0 aromatic carbocycles. The Labute approximate surface area is 103 Å². The van der Waals surface area contributed by atoms with Crippen molar-refractivity contribution in [2.45, 2.75) is 37.5 Å². The number of alkyl halides is 3. The Morgan fingerprint density at radius 1 is 1.50 bits per heavy atom. The van der Waals surface area contributed by atoms with E-state index in [1.165, 1.54) is 0 Å². The van der Waals surface area contributed by atoms with Crippen LogP contribution in [0.5, 0.6) is 0 Å². The van der Waals surface area contributed by atoms with Crippen molar-refractivity contribution in [1.29, 1.82) is 0 Å². The minimum Gasteiger partial charge on any atom is -0.379 e. The van der Waals surface area contributed by atoms with E-state index in [2.05, 4.69) is 0 Å². The van der Waals surface area contributed by atoms with E-state index in [4.69, 9.17) is 0 Å². The summed E-state index contributed by atoms with van der Waals surface area (Å²) in [5.41, 5.74) is -2.73. The van der Waals surface area contributed by atoms with Gasteiger partial charge in [0.05, 0.1) is 6.54 Å². The van der Waals surface area contributed by atoms with Crippen LogP contribution in [-0.2, 0) is 4.79 Å². The molecule has 1 fully saturated rings. The molecule has 1 aliphatic heterocycles. The van der Waals surface area contributed by atoms with Gasteiger partial charge < -0.3 is 10.0 Å². The summed E-state index contributed by atoms with van der Waals surface area (Å²) in [5.74, 6) is -0.163. The van der Waals surface area contributed by atoms with E-state index in [1.807, 2.05) is 12.2 Å². The van der Waals surface area contributed by atoms with Crippen molar-refractivity contribution in [3.05, 3.63) is 12.2 Å². The van der Waals surface area contributed by atoms with Gasteiger partial charge in [-0.2, -0.15) is 13.2 Å². The first-order valence-corrected chi connectivity index (χ1v) is 6.05. The maximum absolute atomic E-state index is 12.6. The molecule has 1 heterocycles. The van der Waals surface area contributed by atoms with E-state index in [-0.39, 0.29) is 24.8 Å². The van der Waals surface area contributed by atoms with Crippen LogP contribution in [0.4, 0.5) is 13.2 Å². The first kappa shape index (κ1) is 13.4. The molecule has 1 N–H and O–H groups in total. The Balaban J connectivity index is 1.92. The molecule has 0 unspecified atom stereocenters. The lowest BCUT2D eigenvalue weighted by molar-refractivity contribution is -0.253. The van der Waals surface area contributed by atoms with E-state index < -0.39 is 24.7 Å². The van der Waals surface area contributed by atoms with Gasteiger partial charge in [0.1, 0.15) is 0 Å². The lowest BCUT2D eigenvalue weighted by Gasteiger charge is -2.26. The van der Waals surface area contributed by atoms with Gasteiger partial charge in [-0.1, -0.05) is 12.2 Å². The molecular weight excluding hydrogens is 247 g/mol. The van der Waals surface area contributed by atoms with Crippen LogP contribution in [0.25, 0.3) is 0 Å². The Morgan fingerprint density at radius 3 is 2.72 bits per heavy atom. The molecule has 1 aliphatic carbocycles. The second kappa shape index (κ2) is 4.57. The molecule has 0 aromatic heterocycles. The monoisotopic (exact) mass is 263 g/mol. The van der Waals surface area contributed by atoms with E-state index >= 15 is 0 Å². The molecule has 0 spiro atoms. The standard InChI is InChI=1S/C12H16F3NO2/c13-12(14,15)11(18)5-6-16(8-11)10(17)7-9-3-1-2-4-9/h1,3,9,18H,2,4-8H2/t9-,11+/m1/s1. The number of allylic oxidation sites excluding steroid dienone is 2. The van der Waals surface area contributed by atoms with E-state index in [0.717, 1.165) is 17.7 Å². The smallest absolute Gasteiger partial charge is 0.379 e. The zero-order chi connectivity index (χ0) is 13.4. The zero-order valence-electron chi connectivity index (χ0n) is 9.91. The van der Waals surface area contributed by atoms with Crippen LogP contribution in [0, 0.1) is 5.92 Å². The molecule has 0 aromatic rings. The minimum atomic E-state index is -4.67. The first-order valence-electron chi connectivity index (χ1n) is 6.05. The van der Waals surface area contributed by atoms with Gasteiger partial charge in [0.2, 0.25) is 5.91 Å². The Bertz CT molecular complexity index is 367. The second-order valence-corrected chi connectivity index (χ2v) is 5.06. The highest BCUT2D eigenvalue weighted by Gasteiger charge is 2.57. The summed E-state index contributed by atoms with van der Waals surface area (Å²) in [7, 11) is 0. The number of likely N-dealkylation sites (tertiary alicyclic amines) is 1. The highest BCUT2D eigenvalue weighted by molar-refractivity contribution is 5.77. The van der Waals surface area contributed by atoms with Crippen LogP contribution in [0.15, 0.2) is 12.2 Å². The number of halogens is 3. The van der Waals surface area contributed by atoms with Gasteiger partial charge in [0.25, 0.3) is 0 Å². The van der Waals surface area contributed by atoms with E-state index in [1.54, 1.807) is 0 Å². The van der Waals surface area contributed by atoms with Crippen LogP contribution < -0.4 is 0 Å². The molecule has 1 amide bonds. The number of hydrogen-bond acceptors (Lipinski definition) is 2. The summed E-state index contributed by atoms with van der Waals surface area (Å²) in [6, 6.07) is 0. The van der Waals surface area contributed by atoms with Crippen LogP contribution in [0.2, 0.25) is 0 Å². The van der Waals surface area contributed by atoms with Gasteiger partial charge in [-0.3, -0.25) is 4.79 Å². The van der Waals surface area contributed by atoms with Gasteiger partial charge >= 0.3 is 6.18 Å². The normalized spacial score (nSPS) is 32.2. The van der Waals surface area contributed by atoms with Crippen molar-refractivity contribution < 1.29 is 23.1 Å². The summed E-state index contributed by atoms with van der Waals surface area (Å²) < 4.78 is 37.8. The summed E-state index contributed by atoms with van der Waals surface area (Å²) in [4.78, 5) is 13.0. The average molecular weight is 263 g/mol. The van der Waals surface area contributed by atoms with E-state index in [0.29, 0.717) is 0 Å². The highest BCUT2D eigenvalue weighted by Crippen LogP contribution is 2.38. The van der Waals surface area contributed by atoms with Gasteiger partial charge in [-0.25, -0.2) is 0 Å². The number of nitrogens with zero attached hydrogens (tertiary/aromatic N) is 1. The molecule has 0 radical (unpaired) electrons. The minimum absolute atomic E-state index is 0.0225. The number of aliphatic hydroxyl groups is 1. The number of amides is 1. The number of hydrogen-bond donors (Lipinski definition) is 1. The fourth-order valence-corrected chi connectivity index (χ4v) is 2.46. The maximum Gasteiger partial charge on any atom is 0.419 e. The molecule has 102 valence electrons. The third-order valence-corrected chi connectivity index (χ3v) is 3.68. The molecule has 0 saturated carbocycles. The predicted molar refractivity (Wildman–Crippen MR) is 58.7 cm³/mol. The maximum atomic E-state index is 12.6.